The maximum absolute atomic E-state index is 12.4. The molecule has 1 aliphatic rings. The van der Waals surface area contributed by atoms with E-state index in [0.717, 1.165) is 12.1 Å². The SMILES string of the molecule is O=C(O)c1cccc([N+](=O)[O-])c1N1C(=O)c2ccccc2C1=O. The zero-order valence-electron chi connectivity index (χ0n) is 11.4. The van der Waals surface area contributed by atoms with Crippen LogP contribution in [-0.4, -0.2) is 27.8 Å². The van der Waals surface area contributed by atoms with Gasteiger partial charge >= 0.3 is 5.97 Å². The van der Waals surface area contributed by atoms with Gasteiger partial charge in [0.15, 0.2) is 0 Å². The van der Waals surface area contributed by atoms with Crippen molar-refractivity contribution in [2.75, 3.05) is 4.90 Å². The molecule has 0 radical (unpaired) electrons. The van der Waals surface area contributed by atoms with E-state index in [0.29, 0.717) is 4.90 Å². The zero-order chi connectivity index (χ0) is 16.7. The number of nitro groups is 1. The number of carboxylic acids is 1. The fourth-order valence-corrected chi connectivity index (χ4v) is 2.48. The number of benzene rings is 2. The van der Waals surface area contributed by atoms with Crippen LogP contribution in [0.4, 0.5) is 11.4 Å². The highest BCUT2D eigenvalue weighted by Crippen LogP contribution is 2.37. The molecule has 0 fully saturated rings. The molecule has 8 nitrogen and oxygen atoms in total. The first kappa shape index (κ1) is 14.4. The van der Waals surface area contributed by atoms with Crippen molar-refractivity contribution in [1.82, 2.24) is 0 Å². The van der Waals surface area contributed by atoms with Crippen LogP contribution < -0.4 is 4.90 Å². The number of hydrogen-bond acceptors (Lipinski definition) is 5. The molecule has 1 N–H and O–H groups in total. The summed E-state index contributed by atoms with van der Waals surface area (Å²) < 4.78 is 0. The van der Waals surface area contributed by atoms with E-state index in [1.807, 2.05) is 0 Å². The quantitative estimate of drug-likeness (QED) is 0.526. The van der Waals surface area contributed by atoms with Gasteiger partial charge in [-0.15, -0.1) is 0 Å². The highest BCUT2D eigenvalue weighted by molar-refractivity contribution is 6.36. The fraction of sp³-hybridized carbons (Fsp3) is 0. The molecule has 2 aromatic carbocycles. The average Bonchev–Trinajstić information content (AvgIpc) is 2.78. The molecular weight excluding hydrogens is 304 g/mol. The summed E-state index contributed by atoms with van der Waals surface area (Å²) in [6.07, 6.45) is 0. The number of hydrogen-bond donors (Lipinski definition) is 1. The summed E-state index contributed by atoms with van der Waals surface area (Å²) in [5.74, 6) is -3.05. The van der Waals surface area contributed by atoms with Gasteiger partial charge in [0.25, 0.3) is 17.5 Å². The van der Waals surface area contributed by atoms with Crippen molar-refractivity contribution >= 4 is 29.2 Å². The second-order valence-electron chi connectivity index (χ2n) is 4.73. The second-order valence-corrected chi connectivity index (χ2v) is 4.73. The van der Waals surface area contributed by atoms with Gasteiger partial charge in [0, 0.05) is 6.07 Å². The molecule has 2 aromatic rings. The van der Waals surface area contributed by atoms with Gasteiger partial charge in [0.2, 0.25) is 0 Å². The predicted molar refractivity (Wildman–Crippen MR) is 77.6 cm³/mol. The molecule has 0 bridgehead atoms. The number of carboxylic acid groups (broad SMARTS) is 1. The summed E-state index contributed by atoms with van der Waals surface area (Å²) in [7, 11) is 0. The lowest BCUT2D eigenvalue weighted by Gasteiger charge is -2.16. The minimum atomic E-state index is -1.47. The van der Waals surface area contributed by atoms with Crippen molar-refractivity contribution in [3.8, 4) is 0 Å². The maximum Gasteiger partial charge on any atom is 0.338 e. The van der Waals surface area contributed by atoms with Gasteiger partial charge in [0.05, 0.1) is 21.6 Å². The molecule has 23 heavy (non-hydrogen) atoms. The van der Waals surface area contributed by atoms with Crippen molar-refractivity contribution in [2.24, 2.45) is 0 Å². The van der Waals surface area contributed by atoms with E-state index in [2.05, 4.69) is 0 Å². The van der Waals surface area contributed by atoms with E-state index in [9.17, 15) is 29.6 Å². The number of fused-ring (bicyclic) bond motifs is 1. The number of aromatic carboxylic acids is 1. The molecule has 114 valence electrons. The number of carbonyl (C=O) groups is 3. The maximum atomic E-state index is 12.4. The van der Waals surface area contributed by atoms with Gasteiger partial charge in [-0.05, 0) is 18.2 Å². The lowest BCUT2D eigenvalue weighted by atomic mass is 10.1. The molecule has 0 aromatic heterocycles. The van der Waals surface area contributed by atoms with Crippen LogP contribution in [-0.2, 0) is 0 Å². The van der Waals surface area contributed by atoms with E-state index in [4.69, 9.17) is 0 Å². The predicted octanol–water partition coefficient (Wildman–Crippen LogP) is 2.09. The van der Waals surface area contributed by atoms with Crippen molar-refractivity contribution in [3.63, 3.8) is 0 Å². The first-order valence-electron chi connectivity index (χ1n) is 6.42. The van der Waals surface area contributed by atoms with Crippen molar-refractivity contribution in [1.29, 1.82) is 0 Å². The van der Waals surface area contributed by atoms with Crippen LogP contribution in [0.1, 0.15) is 31.1 Å². The third-order valence-corrected chi connectivity index (χ3v) is 3.46. The Morgan fingerprint density at radius 1 is 1.00 bits per heavy atom. The zero-order valence-corrected chi connectivity index (χ0v) is 11.4. The Morgan fingerprint density at radius 2 is 1.57 bits per heavy atom. The molecule has 0 saturated heterocycles. The summed E-state index contributed by atoms with van der Waals surface area (Å²) in [5.41, 5.74) is -1.50. The number of rotatable bonds is 3. The van der Waals surface area contributed by atoms with Crippen LogP contribution in [0.25, 0.3) is 0 Å². The van der Waals surface area contributed by atoms with Crippen molar-refractivity contribution in [2.45, 2.75) is 0 Å². The Balaban J connectivity index is 2.28. The van der Waals surface area contributed by atoms with E-state index in [-0.39, 0.29) is 11.1 Å². The molecule has 0 unspecified atom stereocenters. The number of nitrogens with zero attached hydrogens (tertiary/aromatic N) is 2. The third-order valence-electron chi connectivity index (χ3n) is 3.46. The number of imide groups is 1. The van der Waals surface area contributed by atoms with Gasteiger partial charge in [0.1, 0.15) is 5.69 Å². The molecule has 0 aliphatic carbocycles. The number of anilines is 1. The van der Waals surface area contributed by atoms with Crippen molar-refractivity contribution < 1.29 is 24.4 Å². The van der Waals surface area contributed by atoms with Crippen LogP contribution in [0.15, 0.2) is 42.5 Å². The van der Waals surface area contributed by atoms with Crippen LogP contribution >= 0.6 is 0 Å². The monoisotopic (exact) mass is 312 g/mol. The summed E-state index contributed by atoms with van der Waals surface area (Å²) >= 11 is 0. The summed E-state index contributed by atoms with van der Waals surface area (Å²) in [6, 6.07) is 9.24. The Morgan fingerprint density at radius 3 is 2.04 bits per heavy atom. The number of nitro benzene ring substituents is 1. The molecule has 3 rings (SSSR count). The summed E-state index contributed by atoms with van der Waals surface area (Å²) in [4.78, 5) is 47.2. The molecule has 0 spiro atoms. The van der Waals surface area contributed by atoms with E-state index < -0.39 is 39.6 Å². The minimum absolute atomic E-state index is 0.0759. The topological polar surface area (TPSA) is 118 Å². The summed E-state index contributed by atoms with van der Waals surface area (Å²) in [5, 5.41) is 20.5. The molecule has 8 heteroatoms. The van der Waals surface area contributed by atoms with Gasteiger partial charge in [-0.3, -0.25) is 19.7 Å². The Bertz CT molecular complexity index is 822. The highest BCUT2D eigenvalue weighted by atomic mass is 16.6. The van der Waals surface area contributed by atoms with Gasteiger partial charge in [-0.1, -0.05) is 18.2 Å². The molecule has 1 heterocycles. The van der Waals surface area contributed by atoms with Gasteiger partial charge < -0.3 is 5.11 Å². The van der Waals surface area contributed by atoms with Gasteiger partial charge in [-0.2, -0.15) is 0 Å². The smallest absolute Gasteiger partial charge is 0.338 e. The number of amides is 2. The molecule has 0 saturated carbocycles. The largest absolute Gasteiger partial charge is 0.478 e. The molecular formula is C15H8N2O6. The van der Waals surface area contributed by atoms with E-state index >= 15 is 0 Å². The van der Waals surface area contributed by atoms with Crippen molar-refractivity contribution in [3.05, 3.63) is 69.3 Å². The third kappa shape index (κ3) is 2.04. The van der Waals surface area contributed by atoms with Crippen LogP contribution in [0, 0.1) is 10.1 Å². The van der Waals surface area contributed by atoms with E-state index in [1.54, 1.807) is 12.1 Å². The molecule has 2 amide bonds. The number of carbonyl (C=O) groups excluding carboxylic acids is 2. The van der Waals surface area contributed by atoms with E-state index in [1.165, 1.54) is 18.2 Å². The lowest BCUT2D eigenvalue weighted by Crippen LogP contribution is -2.31. The average molecular weight is 312 g/mol. The standard InChI is InChI=1S/C15H8N2O6/c18-13-8-4-1-2-5-9(8)14(19)16(13)12-10(15(20)21)6-3-7-11(12)17(22)23/h1-7H,(H,20,21). The fourth-order valence-electron chi connectivity index (χ4n) is 2.48. The minimum Gasteiger partial charge on any atom is -0.478 e. The molecule has 1 aliphatic heterocycles. The Kier molecular flexibility index (Phi) is 3.14. The lowest BCUT2D eigenvalue weighted by molar-refractivity contribution is -0.384. The van der Waals surface area contributed by atoms with Crippen LogP contribution in [0.3, 0.4) is 0 Å². The second kappa shape index (κ2) is 5.02. The van der Waals surface area contributed by atoms with Crippen LogP contribution in [0.5, 0.6) is 0 Å². The Hall–Kier alpha value is -3.55. The van der Waals surface area contributed by atoms with Gasteiger partial charge in [-0.25, -0.2) is 9.69 Å². The normalized spacial score (nSPS) is 13.1. The molecule has 0 atom stereocenters. The Labute approximate surface area is 128 Å². The number of para-hydroxylation sites is 1. The van der Waals surface area contributed by atoms with Crippen LogP contribution in [0.2, 0.25) is 0 Å². The first-order valence-corrected chi connectivity index (χ1v) is 6.42. The summed E-state index contributed by atoms with van der Waals surface area (Å²) in [6.45, 7) is 0. The first-order chi connectivity index (χ1) is 10.9. The highest BCUT2D eigenvalue weighted by Gasteiger charge is 2.41.